The van der Waals surface area contributed by atoms with Gasteiger partial charge in [-0.25, -0.2) is 0 Å². The standard InChI is InChI=1S/C17H32O3Si/c1-13(2)10-16-12-14(18)11-15(20-16)8-9-19-21(6,7)17(3,4)5/h10,15-16H,8-9,11-12H2,1-7H3/t15-,16+/m1/s1. The van der Waals surface area contributed by atoms with Crippen molar-refractivity contribution in [1.29, 1.82) is 0 Å². The van der Waals surface area contributed by atoms with Crippen molar-refractivity contribution in [2.45, 2.75) is 84.2 Å². The molecule has 122 valence electrons. The fourth-order valence-electron chi connectivity index (χ4n) is 2.21. The van der Waals surface area contributed by atoms with Crippen LogP contribution < -0.4 is 0 Å². The van der Waals surface area contributed by atoms with E-state index < -0.39 is 8.32 Å². The van der Waals surface area contributed by atoms with Crippen LogP contribution in [0, 0.1) is 0 Å². The topological polar surface area (TPSA) is 35.5 Å². The molecular formula is C17H32O3Si. The molecule has 1 heterocycles. The number of carbonyl (C=O) groups excluding carboxylic acids is 1. The van der Waals surface area contributed by atoms with Crippen molar-refractivity contribution in [2.75, 3.05) is 6.61 Å². The Morgan fingerprint density at radius 3 is 2.48 bits per heavy atom. The summed E-state index contributed by atoms with van der Waals surface area (Å²) in [4.78, 5) is 11.8. The maximum absolute atomic E-state index is 11.8. The van der Waals surface area contributed by atoms with Crippen LogP contribution in [0.5, 0.6) is 0 Å². The van der Waals surface area contributed by atoms with Gasteiger partial charge in [-0.05, 0) is 38.4 Å². The Bertz CT molecular complexity index is 389. The third-order valence-corrected chi connectivity index (χ3v) is 9.02. The molecule has 0 bridgehead atoms. The highest BCUT2D eigenvalue weighted by atomic mass is 28.4. The van der Waals surface area contributed by atoms with Crippen molar-refractivity contribution in [1.82, 2.24) is 0 Å². The number of rotatable bonds is 5. The molecule has 3 nitrogen and oxygen atoms in total. The van der Waals surface area contributed by atoms with E-state index in [1.807, 2.05) is 13.8 Å². The van der Waals surface area contributed by atoms with Crippen LogP contribution in [-0.2, 0) is 14.0 Å². The second-order valence-corrected chi connectivity index (χ2v) is 12.7. The largest absolute Gasteiger partial charge is 0.417 e. The molecule has 0 N–H and O–H groups in total. The first-order valence-corrected chi connectivity index (χ1v) is 10.9. The van der Waals surface area contributed by atoms with Crippen molar-refractivity contribution in [3.63, 3.8) is 0 Å². The molecule has 1 rings (SSSR count). The summed E-state index contributed by atoms with van der Waals surface area (Å²) in [6, 6.07) is 0. The fraction of sp³-hybridized carbons (Fsp3) is 0.824. The second-order valence-electron chi connectivity index (χ2n) is 7.88. The Morgan fingerprint density at radius 2 is 1.95 bits per heavy atom. The molecule has 1 aliphatic rings. The zero-order valence-electron chi connectivity index (χ0n) is 14.8. The number of ketones is 1. The number of allylic oxidation sites excluding steroid dienone is 1. The summed E-state index contributed by atoms with van der Waals surface area (Å²) in [6.45, 7) is 16.0. The molecule has 0 radical (unpaired) electrons. The third kappa shape index (κ3) is 6.05. The van der Waals surface area contributed by atoms with Crippen LogP contribution in [0.25, 0.3) is 0 Å². The van der Waals surface area contributed by atoms with E-state index >= 15 is 0 Å². The molecule has 0 spiro atoms. The van der Waals surface area contributed by atoms with Crippen LogP contribution in [0.2, 0.25) is 18.1 Å². The lowest BCUT2D eigenvalue weighted by atomic mass is 10.00. The van der Waals surface area contributed by atoms with E-state index in [1.54, 1.807) is 0 Å². The van der Waals surface area contributed by atoms with Crippen LogP contribution >= 0.6 is 0 Å². The van der Waals surface area contributed by atoms with Gasteiger partial charge in [-0.2, -0.15) is 0 Å². The molecule has 1 aliphatic heterocycles. The minimum atomic E-state index is -1.70. The van der Waals surface area contributed by atoms with Gasteiger partial charge in [0.15, 0.2) is 8.32 Å². The molecule has 0 aromatic carbocycles. The first-order valence-electron chi connectivity index (χ1n) is 7.97. The second kappa shape index (κ2) is 7.21. The van der Waals surface area contributed by atoms with Gasteiger partial charge in [0.2, 0.25) is 0 Å². The molecule has 1 fully saturated rings. The van der Waals surface area contributed by atoms with Crippen molar-refractivity contribution in [2.24, 2.45) is 0 Å². The molecule has 4 heteroatoms. The molecule has 0 amide bonds. The summed E-state index contributed by atoms with van der Waals surface area (Å²) >= 11 is 0. The van der Waals surface area contributed by atoms with Gasteiger partial charge in [-0.15, -0.1) is 0 Å². The fourth-order valence-corrected chi connectivity index (χ4v) is 3.27. The van der Waals surface area contributed by atoms with Gasteiger partial charge in [0.1, 0.15) is 5.78 Å². The van der Waals surface area contributed by atoms with Crippen molar-refractivity contribution in [3.8, 4) is 0 Å². The maximum atomic E-state index is 11.8. The molecule has 1 saturated heterocycles. The molecule has 2 atom stereocenters. The monoisotopic (exact) mass is 312 g/mol. The highest BCUT2D eigenvalue weighted by Gasteiger charge is 2.37. The van der Waals surface area contributed by atoms with E-state index in [-0.39, 0.29) is 17.2 Å². The first-order chi connectivity index (χ1) is 9.51. The summed E-state index contributed by atoms with van der Waals surface area (Å²) in [5.74, 6) is 0.307. The average Bonchev–Trinajstić information content (AvgIpc) is 2.24. The Labute approximate surface area is 131 Å². The minimum Gasteiger partial charge on any atom is -0.417 e. The van der Waals surface area contributed by atoms with E-state index in [2.05, 4.69) is 39.9 Å². The molecule has 0 aromatic heterocycles. The van der Waals surface area contributed by atoms with Crippen molar-refractivity contribution in [3.05, 3.63) is 11.6 Å². The number of Topliss-reactive ketones (excluding diaryl/α,β-unsaturated/α-hetero) is 1. The Hall–Kier alpha value is -0.453. The van der Waals surface area contributed by atoms with Crippen molar-refractivity contribution >= 4 is 14.1 Å². The smallest absolute Gasteiger partial charge is 0.191 e. The van der Waals surface area contributed by atoms with Gasteiger partial charge in [0, 0.05) is 19.4 Å². The van der Waals surface area contributed by atoms with Crippen LogP contribution in [-0.4, -0.2) is 32.9 Å². The van der Waals surface area contributed by atoms with Crippen LogP contribution in [0.4, 0.5) is 0 Å². The predicted octanol–water partition coefficient (Wildman–Crippen LogP) is 4.48. The number of ether oxygens (including phenoxy) is 1. The van der Waals surface area contributed by atoms with Crippen LogP contribution in [0.3, 0.4) is 0 Å². The highest BCUT2D eigenvalue weighted by Crippen LogP contribution is 2.36. The van der Waals surface area contributed by atoms with E-state index in [4.69, 9.17) is 9.16 Å². The molecule has 0 aromatic rings. The Morgan fingerprint density at radius 1 is 1.33 bits per heavy atom. The predicted molar refractivity (Wildman–Crippen MR) is 90.1 cm³/mol. The van der Waals surface area contributed by atoms with Gasteiger partial charge in [0.05, 0.1) is 12.2 Å². The van der Waals surface area contributed by atoms with Gasteiger partial charge in [-0.3, -0.25) is 4.79 Å². The number of hydrogen-bond donors (Lipinski definition) is 0. The Balaban J connectivity index is 2.48. The number of hydrogen-bond acceptors (Lipinski definition) is 3. The van der Waals surface area contributed by atoms with Gasteiger partial charge in [-0.1, -0.05) is 32.4 Å². The third-order valence-electron chi connectivity index (χ3n) is 4.48. The van der Waals surface area contributed by atoms with Gasteiger partial charge < -0.3 is 9.16 Å². The summed E-state index contributed by atoms with van der Waals surface area (Å²) in [6.07, 6.45) is 3.88. The molecule has 0 saturated carbocycles. The summed E-state index contributed by atoms with van der Waals surface area (Å²) in [7, 11) is -1.70. The zero-order valence-corrected chi connectivity index (χ0v) is 15.8. The van der Waals surface area contributed by atoms with Gasteiger partial charge in [0.25, 0.3) is 0 Å². The van der Waals surface area contributed by atoms with Crippen molar-refractivity contribution < 1.29 is 14.0 Å². The number of carbonyl (C=O) groups is 1. The quantitative estimate of drug-likeness (QED) is 0.554. The summed E-state index contributed by atoms with van der Waals surface area (Å²) in [5, 5.41) is 0.223. The highest BCUT2D eigenvalue weighted by molar-refractivity contribution is 6.74. The molecule has 21 heavy (non-hydrogen) atoms. The lowest BCUT2D eigenvalue weighted by Crippen LogP contribution is -2.42. The summed E-state index contributed by atoms with van der Waals surface area (Å²) in [5.41, 5.74) is 1.20. The Kier molecular flexibility index (Phi) is 6.38. The van der Waals surface area contributed by atoms with E-state index in [9.17, 15) is 4.79 Å². The molecule has 0 aliphatic carbocycles. The molecule has 0 unspecified atom stereocenters. The first kappa shape index (κ1) is 18.6. The minimum absolute atomic E-state index is 0.0108. The van der Waals surface area contributed by atoms with E-state index in [0.29, 0.717) is 25.2 Å². The zero-order chi connectivity index (χ0) is 16.3. The van der Waals surface area contributed by atoms with Crippen LogP contribution in [0.15, 0.2) is 11.6 Å². The van der Waals surface area contributed by atoms with Crippen LogP contribution in [0.1, 0.15) is 53.9 Å². The maximum Gasteiger partial charge on any atom is 0.191 e. The van der Waals surface area contributed by atoms with E-state index in [0.717, 1.165) is 6.42 Å². The average molecular weight is 313 g/mol. The molecular weight excluding hydrogens is 280 g/mol. The van der Waals surface area contributed by atoms with Gasteiger partial charge >= 0.3 is 0 Å². The van der Waals surface area contributed by atoms with E-state index in [1.165, 1.54) is 5.57 Å². The normalized spacial score (nSPS) is 24.0. The SMILES string of the molecule is CC(C)=C[C@H]1CC(=O)C[C@@H](CCO[Si](C)(C)C(C)(C)C)O1. The summed E-state index contributed by atoms with van der Waals surface area (Å²) < 4.78 is 12.2. The lowest BCUT2D eigenvalue weighted by molar-refractivity contribution is -0.133. The lowest BCUT2D eigenvalue weighted by Gasteiger charge is -2.37.